The molecule has 0 fully saturated rings. The Morgan fingerprint density at radius 3 is 2.86 bits per heavy atom. The summed E-state index contributed by atoms with van der Waals surface area (Å²) in [5.74, 6) is 1.07. The second-order valence-corrected chi connectivity index (χ2v) is 5.56. The Morgan fingerprint density at radius 1 is 1.14 bits per heavy atom. The number of rotatable bonds is 1. The third-order valence-electron chi connectivity index (χ3n) is 3.91. The lowest BCUT2D eigenvalue weighted by Crippen LogP contribution is -2.23. The van der Waals surface area contributed by atoms with Gasteiger partial charge in [-0.25, -0.2) is 0 Å². The maximum Gasteiger partial charge on any atom is 0.156 e. The van der Waals surface area contributed by atoms with Crippen LogP contribution in [0.4, 0.5) is 5.69 Å². The predicted octanol–water partition coefficient (Wildman–Crippen LogP) is 3.95. The zero-order valence-corrected chi connectivity index (χ0v) is 11.8. The van der Waals surface area contributed by atoms with Gasteiger partial charge in [-0.2, -0.15) is 0 Å². The molecule has 104 valence electrons. The van der Waals surface area contributed by atoms with Crippen molar-refractivity contribution in [2.24, 2.45) is 0 Å². The van der Waals surface area contributed by atoms with E-state index < -0.39 is 0 Å². The van der Waals surface area contributed by atoms with Crippen LogP contribution < -0.4 is 5.32 Å². The molecule has 0 saturated heterocycles. The van der Waals surface area contributed by atoms with Crippen LogP contribution in [0.2, 0.25) is 0 Å². The first-order chi connectivity index (χ1) is 10.2. The molecule has 3 aromatic rings. The second kappa shape index (κ2) is 4.48. The number of carbonyl (C=O) groups excluding carboxylic acids is 1. The van der Waals surface area contributed by atoms with E-state index in [2.05, 4.69) is 23.5 Å². The minimum absolute atomic E-state index is 0.226. The van der Waals surface area contributed by atoms with Crippen molar-refractivity contribution in [3.8, 4) is 11.3 Å². The lowest BCUT2D eigenvalue weighted by Gasteiger charge is -2.20. The number of fused-ring (bicyclic) bond motifs is 2. The van der Waals surface area contributed by atoms with Crippen molar-refractivity contribution in [1.29, 1.82) is 0 Å². The molecule has 2 aromatic carbocycles. The normalized spacial score (nSPS) is 14.0. The summed E-state index contributed by atoms with van der Waals surface area (Å²) in [6, 6.07) is 14.2. The van der Waals surface area contributed by atoms with Crippen molar-refractivity contribution < 1.29 is 9.21 Å². The van der Waals surface area contributed by atoms with Gasteiger partial charge in [-0.05, 0) is 36.2 Å². The Morgan fingerprint density at radius 2 is 2.00 bits per heavy atom. The SMILES string of the molecule is Cc1cc2c(c(-c3cc4ccccc4o3)c1)NCC(=O)C2. The fourth-order valence-corrected chi connectivity index (χ4v) is 2.98. The van der Waals surface area contributed by atoms with Crippen LogP contribution in [0.1, 0.15) is 11.1 Å². The highest BCUT2D eigenvalue weighted by Crippen LogP contribution is 2.37. The van der Waals surface area contributed by atoms with Gasteiger partial charge >= 0.3 is 0 Å². The Labute approximate surface area is 122 Å². The molecule has 0 unspecified atom stereocenters. The summed E-state index contributed by atoms with van der Waals surface area (Å²) >= 11 is 0. The van der Waals surface area contributed by atoms with Gasteiger partial charge in [0.25, 0.3) is 0 Å². The van der Waals surface area contributed by atoms with Crippen LogP contribution in [-0.2, 0) is 11.2 Å². The predicted molar refractivity (Wildman–Crippen MR) is 83.6 cm³/mol. The van der Waals surface area contributed by atoms with Crippen LogP contribution in [0.25, 0.3) is 22.3 Å². The van der Waals surface area contributed by atoms with E-state index >= 15 is 0 Å². The zero-order chi connectivity index (χ0) is 14.4. The average molecular weight is 277 g/mol. The monoisotopic (exact) mass is 277 g/mol. The zero-order valence-electron chi connectivity index (χ0n) is 11.8. The number of Topliss-reactive ketones (excluding diaryl/α,β-unsaturated/α-hetero) is 1. The molecule has 3 nitrogen and oxygen atoms in total. The summed E-state index contributed by atoms with van der Waals surface area (Å²) in [6.07, 6.45) is 0.497. The summed E-state index contributed by atoms with van der Waals surface area (Å²) < 4.78 is 5.98. The van der Waals surface area contributed by atoms with Gasteiger partial charge in [0.05, 0.1) is 6.54 Å². The number of ketones is 1. The van der Waals surface area contributed by atoms with Gasteiger partial charge in [0.15, 0.2) is 5.78 Å². The highest BCUT2D eigenvalue weighted by atomic mass is 16.3. The van der Waals surface area contributed by atoms with Crippen LogP contribution in [-0.4, -0.2) is 12.3 Å². The Bertz CT molecular complexity index is 828. The molecule has 0 bridgehead atoms. The fourth-order valence-electron chi connectivity index (χ4n) is 2.98. The molecule has 4 rings (SSSR count). The number of aryl methyl sites for hydroxylation is 1. The summed E-state index contributed by atoms with van der Waals surface area (Å²) in [5, 5.41) is 4.33. The third-order valence-corrected chi connectivity index (χ3v) is 3.91. The molecule has 1 N–H and O–H groups in total. The van der Waals surface area contributed by atoms with E-state index in [9.17, 15) is 4.79 Å². The van der Waals surface area contributed by atoms with Gasteiger partial charge in [0.1, 0.15) is 11.3 Å². The first kappa shape index (κ1) is 12.2. The van der Waals surface area contributed by atoms with Gasteiger partial charge < -0.3 is 9.73 Å². The van der Waals surface area contributed by atoms with Crippen LogP contribution in [0.15, 0.2) is 46.9 Å². The summed E-state index contributed by atoms with van der Waals surface area (Å²) in [5.41, 5.74) is 5.14. The lowest BCUT2D eigenvalue weighted by atomic mass is 9.95. The first-order valence-electron chi connectivity index (χ1n) is 7.09. The molecule has 1 aliphatic rings. The number of benzene rings is 2. The molecule has 0 amide bonds. The Hall–Kier alpha value is -2.55. The van der Waals surface area contributed by atoms with Gasteiger partial charge in [0.2, 0.25) is 0 Å². The van der Waals surface area contributed by atoms with Crippen molar-refractivity contribution in [3.05, 3.63) is 53.6 Å². The minimum atomic E-state index is 0.226. The van der Waals surface area contributed by atoms with E-state index in [4.69, 9.17) is 4.42 Å². The molecular weight excluding hydrogens is 262 g/mol. The molecule has 0 radical (unpaired) electrons. The molecule has 0 atom stereocenters. The van der Waals surface area contributed by atoms with Crippen molar-refractivity contribution >= 4 is 22.4 Å². The summed E-state index contributed by atoms with van der Waals surface area (Å²) in [4.78, 5) is 11.6. The van der Waals surface area contributed by atoms with Crippen molar-refractivity contribution in [3.63, 3.8) is 0 Å². The van der Waals surface area contributed by atoms with Crippen molar-refractivity contribution in [1.82, 2.24) is 0 Å². The Kier molecular flexibility index (Phi) is 2.61. The molecule has 1 aliphatic heterocycles. The molecule has 0 aliphatic carbocycles. The van der Waals surface area contributed by atoms with E-state index in [0.29, 0.717) is 13.0 Å². The molecule has 2 heterocycles. The number of anilines is 1. The van der Waals surface area contributed by atoms with Gasteiger partial charge in [0, 0.05) is 23.1 Å². The summed E-state index contributed by atoms with van der Waals surface area (Å²) in [7, 11) is 0. The van der Waals surface area contributed by atoms with Crippen molar-refractivity contribution in [2.75, 3.05) is 11.9 Å². The molecule has 3 heteroatoms. The van der Waals surface area contributed by atoms with Crippen LogP contribution in [0.5, 0.6) is 0 Å². The van der Waals surface area contributed by atoms with E-state index in [1.165, 1.54) is 0 Å². The number of furan rings is 1. The highest BCUT2D eigenvalue weighted by molar-refractivity contribution is 5.95. The van der Waals surface area contributed by atoms with Crippen LogP contribution >= 0.6 is 0 Å². The number of para-hydroxylation sites is 1. The Balaban J connectivity index is 1.93. The fraction of sp³-hybridized carbons (Fsp3) is 0.167. The molecule has 1 aromatic heterocycles. The van der Waals surface area contributed by atoms with E-state index in [-0.39, 0.29) is 5.78 Å². The number of hydrogen-bond acceptors (Lipinski definition) is 3. The largest absolute Gasteiger partial charge is 0.456 e. The van der Waals surface area contributed by atoms with Crippen LogP contribution in [0.3, 0.4) is 0 Å². The first-order valence-corrected chi connectivity index (χ1v) is 7.09. The molecule has 0 saturated carbocycles. The lowest BCUT2D eigenvalue weighted by molar-refractivity contribution is -0.117. The highest BCUT2D eigenvalue weighted by Gasteiger charge is 2.20. The smallest absolute Gasteiger partial charge is 0.156 e. The molecule has 21 heavy (non-hydrogen) atoms. The summed E-state index contributed by atoms with van der Waals surface area (Å²) in [6.45, 7) is 2.44. The third kappa shape index (κ3) is 2.02. The molecular formula is C18H15NO2. The second-order valence-electron chi connectivity index (χ2n) is 5.56. The van der Waals surface area contributed by atoms with Gasteiger partial charge in [-0.15, -0.1) is 0 Å². The molecule has 0 spiro atoms. The van der Waals surface area contributed by atoms with Crippen LogP contribution in [0, 0.1) is 6.92 Å². The van der Waals surface area contributed by atoms with Gasteiger partial charge in [-0.1, -0.05) is 24.3 Å². The standard InChI is InChI=1S/C18H15NO2/c1-11-6-13-8-14(20)10-19-18(13)15(7-11)17-9-12-4-2-3-5-16(12)21-17/h2-7,9,19H,8,10H2,1H3. The quantitative estimate of drug-likeness (QED) is 0.732. The maximum absolute atomic E-state index is 11.6. The van der Waals surface area contributed by atoms with E-state index in [1.807, 2.05) is 31.2 Å². The number of carbonyl (C=O) groups is 1. The number of nitrogens with one attached hydrogen (secondary N) is 1. The topological polar surface area (TPSA) is 42.2 Å². The van der Waals surface area contributed by atoms with Gasteiger partial charge in [-0.3, -0.25) is 4.79 Å². The van der Waals surface area contributed by atoms with Crippen molar-refractivity contribution in [2.45, 2.75) is 13.3 Å². The maximum atomic E-state index is 11.6. The minimum Gasteiger partial charge on any atom is -0.456 e. The van der Waals surface area contributed by atoms with E-state index in [1.54, 1.807) is 0 Å². The van der Waals surface area contributed by atoms with E-state index in [0.717, 1.165) is 39.1 Å². The number of hydrogen-bond donors (Lipinski definition) is 1. The average Bonchev–Trinajstić information content (AvgIpc) is 2.89.